The molecule has 4 amide bonds. The molecule has 212 valence electrons. The van der Waals surface area contributed by atoms with Crippen molar-refractivity contribution in [2.75, 3.05) is 32.5 Å². The zero-order valence-electron chi connectivity index (χ0n) is 22.0. The molecule has 39 heavy (non-hydrogen) atoms. The molecule has 1 aliphatic heterocycles. The number of aromatic nitrogens is 2. The third-order valence-corrected chi connectivity index (χ3v) is 8.52. The molecule has 2 aromatic heterocycles. The molecule has 1 aliphatic carbocycles. The molecule has 0 unspecified atom stereocenters. The number of nitrogens with zero attached hydrogens (tertiary/aromatic N) is 4. The van der Waals surface area contributed by atoms with E-state index in [0.29, 0.717) is 30.8 Å². The molecule has 0 saturated heterocycles. The molecule has 1 fully saturated rings. The molecule has 1 saturated carbocycles. The summed E-state index contributed by atoms with van der Waals surface area (Å²) < 4.78 is 0.742. The lowest BCUT2D eigenvalue weighted by Gasteiger charge is -2.37. The largest absolute Gasteiger partial charge is 0.346 e. The van der Waals surface area contributed by atoms with Crippen molar-refractivity contribution < 1.29 is 19.2 Å². The Morgan fingerprint density at radius 1 is 1.15 bits per heavy atom. The third kappa shape index (κ3) is 7.74. The van der Waals surface area contributed by atoms with Crippen LogP contribution < -0.4 is 16.0 Å². The molecule has 0 radical (unpaired) electrons. The number of halogens is 2. The number of likely N-dealkylation sites (N-methyl/N-ethyl adjacent to an activating group) is 1. The molecule has 3 heterocycles. The number of hydrogen-bond donors (Lipinski definition) is 3. The Balaban J connectivity index is 0.00000420. The summed E-state index contributed by atoms with van der Waals surface area (Å²) in [4.78, 5) is 64.9. The van der Waals surface area contributed by atoms with Gasteiger partial charge in [0.15, 0.2) is 5.01 Å². The van der Waals surface area contributed by atoms with Gasteiger partial charge in [-0.1, -0.05) is 0 Å². The Morgan fingerprint density at radius 3 is 2.62 bits per heavy atom. The number of thiazole rings is 1. The van der Waals surface area contributed by atoms with Crippen LogP contribution in [0.4, 0.5) is 5.82 Å². The van der Waals surface area contributed by atoms with Crippen LogP contribution in [0.2, 0.25) is 0 Å². The predicted molar refractivity (Wildman–Crippen MR) is 154 cm³/mol. The topological polar surface area (TPSA) is 137 Å². The van der Waals surface area contributed by atoms with E-state index in [1.807, 2.05) is 14.0 Å². The molecule has 3 N–H and O–H groups in total. The second-order valence-corrected chi connectivity index (χ2v) is 11.7. The number of amides is 4. The quantitative estimate of drug-likeness (QED) is 0.411. The van der Waals surface area contributed by atoms with E-state index in [2.05, 4.69) is 46.7 Å². The fraction of sp³-hybridized carbons (Fsp3) is 0.520. The molecule has 2 aliphatic rings. The molecular weight excluding hydrogens is 610 g/mol. The highest BCUT2D eigenvalue weighted by atomic mass is 79.9. The Morgan fingerprint density at radius 2 is 1.92 bits per heavy atom. The predicted octanol–water partition coefficient (Wildman–Crippen LogP) is 2.21. The first-order chi connectivity index (χ1) is 18.1. The zero-order chi connectivity index (χ0) is 27.4. The molecule has 3 atom stereocenters. The van der Waals surface area contributed by atoms with Crippen molar-refractivity contribution in [2.24, 2.45) is 5.92 Å². The van der Waals surface area contributed by atoms with Gasteiger partial charge in [-0.3, -0.25) is 19.2 Å². The molecule has 14 heteroatoms. The van der Waals surface area contributed by atoms with Crippen LogP contribution in [-0.4, -0.2) is 82.7 Å². The monoisotopic (exact) mass is 641 g/mol. The van der Waals surface area contributed by atoms with Crippen LogP contribution in [0.1, 0.15) is 46.6 Å². The number of anilines is 1. The Hall–Kier alpha value is -2.61. The minimum atomic E-state index is -0.856. The van der Waals surface area contributed by atoms with Gasteiger partial charge >= 0.3 is 11.8 Å². The van der Waals surface area contributed by atoms with Crippen LogP contribution >= 0.6 is 39.7 Å². The van der Waals surface area contributed by atoms with Gasteiger partial charge in [0.1, 0.15) is 5.82 Å². The molecule has 0 aromatic carbocycles. The minimum Gasteiger partial charge on any atom is -0.346 e. The lowest BCUT2D eigenvalue weighted by Crippen LogP contribution is -2.57. The summed E-state index contributed by atoms with van der Waals surface area (Å²) >= 11 is 4.65. The number of hydrogen-bond acceptors (Lipinski definition) is 8. The van der Waals surface area contributed by atoms with E-state index >= 15 is 0 Å². The van der Waals surface area contributed by atoms with E-state index in [4.69, 9.17) is 0 Å². The van der Waals surface area contributed by atoms with Crippen molar-refractivity contribution in [3.05, 3.63) is 38.4 Å². The van der Waals surface area contributed by atoms with E-state index in [0.717, 1.165) is 34.6 Å². The van der Waals surface area contributed by atoms with E-state index < -0.39 is 23.9 Å². The Labute approximate surface area is 246 Å². The SMILES string of the molecule is CCN(C)C(=O)[C@H]1CC[C@H](NC(=O)C(=O)Nc2ccc(Br)cn2)[C@H](NC(=O)c2nc3c(s2)CN(C)CC3)C1.Cl. The maximum absolute atomic E-state index is 13.2. The summed E-state index contributed by atoms with van der Waals surface area (Å²) in [6.07, 6.45) is 3.63. The van der Waals surface area contributed by atoms with Crippen LogP contribution in [0.15, 0.2) is 22.8 Å². The van der Waals surface area contributed by atoms with E-state index in [-0.39, 0.29) is 36.0 Å². The van der Waals surface area contributed by atoms with Gasteiger partial charge in [0.05, 0.1) is 11.7 Å². The van der Waals surface area contributed by atoms with Crippen LogP contribution in [-0.2, 0) is 27.3 Å². The molecule has 11 nitrogen and oxygen atoms in total. The molecule has 2 aromatic rings. The average Bonchev–Trinajstić information content (AvgIpc) is 3.33. The maximum Gasteiger partial charge on any atom is 0.314 e. The molecule has 0 bridgehead atoms. The molecule has 0 spiro atoms. The summed E-state index contributed by atoms with van der Waals surface area (Å²) in [5.74, 6) is -2.07. The molecule has 4 rings (SSSR count). The van der Waals surface area contributed by atoms with Crippen LogP contribution in [0.25, 0.3) is 0 Å². The first kappa shape index (κ1) is 30.9. The Kier molecular flexibility index (Phi) is 10.8. The average molecular weight is 643 g/mol. The van der Waals surface area contributed by atoms with E-state index in [9.17, 15) is 19.2 Å². The van der Waals surface area contributed by atoms with Crippen molar-refractivity contribution in [2.45, 2.75) is 51.2 Å². The standard InChI is InChI=1S/C25H32BrN7O4S.ClH/c1-4-33(3)25(37)14-5-7-16(28-21(34)22(35)31-20-8-6-15(26)12-27-20)18(11-14)29-23(36)24-30-17-9-10-32(2)13-19(17)38-24;/h6,8,12,14,16,18H,4-5,7,9-11,13H2,1-3H3,(H,28,34)(H,29,36)(H,27,31,35);1H/t14-,16-,18+;/m0./s1. The van der Waals surface area contributed by atoms with E-state index in [1.165, 1.54) is 17.5 Å². The highest BCUT2D eigenvalue weighted by Crippen LogP contribution is 2.28. The van der Waals surface area contributed by atoms with Gasteiger partial charge in [-0.15, -0.1) is 23.7 Å². The third-order valence-electron chi connectivity index (χ3n) is 6.97. The van der Waals surface area contributed by atoms with Crippen molar-refractivity contribution in [1.82, 2.24) is 30.4 Å². The summed E-state index contributed by atoms with van der Waals surface area (Å²) in [5, 5.41) is 8.62. The summed E-state index contributed by atoms with van der Waals surface area (Å²) in [6.45, 7) is 4.13. The van der Waals surface area contributed by atoms with Crippen molar-refractivity contribution >= 4 is 69.1 Å². The van der Waals surface area contributed by atoms with Gasteiger partial charge in [-0.25, -0.2) is 9.97 Å². The number of pyridine rings is 1. The van der Waals surface area contributed by atoms with Crippen LogP contribution in [0.5, 0.6) is 0 Å². The van der Waals surface area contributed by atoms with Gasteiger partial charge in [0.2, 0.25) is 5.91 Å². The van der Waals surface area contributed by atoms with E-state index in [1.54, 1.807) is 24.1 Å². The smallest absolute Gasteiger partial charge is 0.314 e. The van der Waals surface area contributed by atoms with Gasteiger partial charge in [-0.05, 0) is 61.3 Å². The zero-order valence-corrected chi connectivity index (χ0v) is 25.2. The van der Waals surface area contributed by atoms with Gasteiger partial charge in [-0.2, -0.15) is 0 Å². The summed E-state index contributed by atoms with van der Waals surface area (Å²) in [7, 11) is 3.78. The van der Waals surface area contributed by atoms with Crippen LogP contribution in [0, 0.1) is 5.92 Å². The fourth-order valence-corrected chi connectivity index (χ4v) is 6.03. The van der Waals surface area contributed by atoms with Gasteiger partial charge < -0.3 is 25.8 Å². The van der Waals surface area contributed by atoms with Gasteiger partial charge in [0.25, 0.3) is 5.91 Å². The second-order valence-electron chi connectivity index (χ2n) is 9.71. The minimum absolute atomic E-state index is 0. The first-order valence-corrected chi connectivity index (χ1v) is 14.2. The number of carbonyl (C=O) groups excluding carboxylic acids is 4. The summed E-state index contributed by atoms with van der Waals surface area (Å²) in [6, 6.07) is 2.21. The first-order valence-electron chi connectivity index (χ1n) is 12.6. The maximum atomic E-state index is 13.2. The Bertz CT molecular complexity index is 1210. The van der Waals surface area contributed by atoms with Gasteiger partial charge in [0, 0.05) is 60.6 Å². The molecular formula is C25H33BrClN7O4S. The fourth-order valence-electron chi connectivity index (χ4n) is 4.70. The lowest BCUT2D eigenvalue weighted by molar-refractivity contribution is -0.137. The summed E-state index contributed by atoms with van der Waals surface area (Å²) in [5.41, 5.74) is 0.947. The highest BCUT2D eigenvalue weighted by Gasteiger charge is 2.38. The van der Waals surface area contributed by atoms with Crippen molar-refractivity contribution in [3.63, 3.8) is 0 Å². The van der Waals surface area contributed by atoms with Crippen molar-refractivity contribution in [1.29, 1.82) is 0 Å². The second kappa shape index (κ2) is 13.6. The number of nitrogens with one attached hydrogen (secondary N) is 3. The number of fused-ring (bicyclic) bond motifs is 1. The normalized spacial score (nSPS) is 20.7. The lowest BCUT2D eigenvalue weighted by atomic mass is 9.81. The van der Waals surface area contributed by atoms with Crippen LogP contribution in [0.3, 0.4) is 0 Å². The van der Waals surface area contributed by atoms with Crippen molar-refractivity contribution in [3.8, 4) is 0 Å². The number of carbonyl (C=O) groups is 4. The number of rotatable bonds is 6. The highest BCUT2D eigenvalue weighted by molar-refractivity contribution is 9.10.